The molecule has 3 amide bonds. The predicted molar refractivity (Wildman–Crippen MR) is 112 cm³/mol. The summed E-state index contributed by atoms with van der Waals surface area (Å²) in [5.41, 5.74) is 2.03. The number of benzene rings is 1. The van der Waals surface area contributed by atoms with Crippen LogP contribution in [0.25, 0.3) is 0 Å². The van der Waals surface area contributed by atoms with Crippen LogP contribution in [0.2, 0.25) is 0 Å². The maximum absolute atomic E-state index is 12.6. The van der Waals surface area contributed by atoms with Crippen LogP contribution in [0.3, 0.4) is 0 Å². The molecule has 6 heteroatoms. The predicted octanol–water partition coefficient (Wildman–Crippen LogP) is 2.17. The largest absolute Gasteiger partial charge is 0.394 e. The van der Waals surface area contributed by atoms with E-state index in [1.165, 1.54) is 0 Å². The number of aliphatic hydroxyl groups excluding tert-OH is 1. The lowest BCUT2D eigenvalue weighted by Gasteiger charge is -2.58. The quantitative estimate of drug-likeness (QED) is 0.765. The van der Waals surface area contributed by atoms with Gasteiger partial charge in [-0.3, -0.25) is 4.79 Å². The smallest absolute Gasteiger partial charge is 0.318 e. The molecule has 2 heterocycles. The minimum absolute atomic E-state index is 0.0104. The second-order valence-corrected chi connectivity index (χ2v) is 8.65. The fourth-order valence-corrected chi connectivity index (χ4v) is 4.14. The number of piperazine rings is 1. The monoisotopic (exact) mass is 397 g/mol. The van der Waals surface area contributed by atoms with Crippen molar-refractivity contribution in [2.24, 2.45) is 5.92 Å². The molecule has 2 aliphatic rings. The van der Waals surface area contributed by atoms with E-state index < -0.39 is 0 Å². The summed E-state index contributed by atoms with van der Waals surface area (Å²) in [7, 11) is 0. The van der Waals surface area contributed by atoms with Crippen LogP contribution in [0, 0.1) is 17.8 Å². The van der Waals surface area contributed by atoms with Crippen LogP contribution in [0.1, 0.15) is 51.2 Å². The van der Waals surface area contributed by atoms with Crippen molar-refractivity contribution in [1.82, 2.24) is 15.1 Å². The Bertz CT molecular complexity index is 807. The summed E-state index contributed by atoms with van der Waals surface area (Å²) in [6.45, 7) is 8.53. The van der Waals surface area contributed by atoms with E-state index >= 15 is 0 Å². The van der Waals surface area contributed by atoms with E-state index in [1.807, 2.05) is 38.1 Å². The lowest BCUT2D eigenvalue weighted by atomic mass is 9.73. The molecule has 2 saturated heterocycles. The van der Waals surface area contributed by atoms with Gasteiger partial charge in [0.25, 0.3) is 0 Å². The Morgan fingerprint density at radius 1 is 1.24 bits per heavy atom. The van der Waals surface area contributed by atoms with E-state index in [4.69, 9.17) is 0 Å². The number of aliphatic hydroxyl groups is 1. The third-order valence-electron chi connectivity index (χ3n) is 5.49. The van der Waals surface area contributed by atoms with Gasteiger partial charge in [-0.25, -0.2) is 4.79 Å². The normalized spacial score (nSPS) is 23.4. The maximum Gasteiger partial charge on any atom is 0.318 e. The highest BCUT2D eigenvalue weighted by molar-refractivity contribution is 5.87. The Morgan fingerprint density at radius 2 is 1.93 bits per heavy atom. The molecule has 0 radical (unpaired) electrons. The molecule has 1 aromatic carbocycles. The van der Waals surface area contributed by atoms with Gasteiger partial charge in [-0.15, -0.1) is 0 Å². The van der Waals surface area contributed by atoms with E-state index in [0.29, 0.717) is 12.5 Å². The van der Waals surface area contributed by atoms with E-state index in [1.54, 1.807) is 9.80 Å². The number of hydrogen-bond donors (Lipinski definition) is 2. The molecule has 29 heavy (non-hydrogen) atoms. The standard InChI is InChI=1S/C23H31N3O3/c1-15(2)6-5-7-17-8-10-18(11-9-17)22-19-12-25(23(29)24-16(3)4)13-21(28)26(19)20(22)14-27/h8-11,15-16,19-20,22,27H,6,12-14H2,1-4H3,(H,24,29)/t19-,20-,22+/m1/s1. The van der Waals surface area contributed by atoms with Crippen LogP contribution in [-0.2, 0) is 4.79 Å². The van der Waals surface area contributed by atoms with Crippen molar-refractivity contribution in [2.75, 3.05) is 19.7 Å². The molecule has 0 spiro atoms. The van der Waals surface area contributed by atoms with E-state index in [2.05, 4.69) is 31.0 Å². The summed E-state index contributed by atoms with van der Waals surface area (Å²) in [5, 5.41) is 12.7. The SMILES string of the molecule is CC(C)CC#Cc1ccc([C@@H]2[C@@H](CO)N3C(=O)CN(C(=O)NC(C)C)C[C@H]23)cc1. The molecule has 0 bridgehead atoms. The van der Waals surface area contributed by atoms with Gasteiger partial charge in [0, 0.05) is 30.5 Å². The zero-order chi connectivity index (χ0) is 21.1. The first-order valence-electron chi connectivity index (χ1n) is 10.4. The maximum atomic E-state index is 12.6. The second kappa shape index (κ2) is 8.87. The molecule has 6 nitrogen and oxygen atoms in total. The number of carbonyl (C=O) groups excluding carboxylic acids is 2. The first-order valence-corrected chi connectivity index (χ1v) is 10.4. The van der Waals surface area contributed by atoms with Crippen LogP contribution in [0.4, 0.5) is 4.79 Å². The van der Waals surface area contributed by atoms with E-state index in [-0.39, 0.29) is 49.1 Å². The van der Waals surface area contributed by atoms with Crippen LogP contribution >= 0.6 is 0 Å². The zero-order valence-electron chi connectivity index (χ0n) is 17.7. The molecule has 2 fully saturated rings. The van der Waals surface area contributed by atoms with Gasteiger partial charge in [0.05, 0.1) is 18.7 Å². The van der Waals surface area contributed by atoms with Gasteiger partial charge in [-0.2, -0.15) is 0 Å². The Labute approximate surface area is 173 Å². The van der Waals surface area contributed by atoms with Crippen LogP contribution in [-0.4, -0.2) is 64.7 Å². The first kappa shape index (κ1) is 21.2. The average molecular weight is 398 g/mol. The molecule has 2 N–H and O–H groups in total. The summed E-state index contributed by atoms with van der Waals surface area (Å²) in [5.74, 6) is 6.82. The molecule has 0 aliphatic carbocycles. The van der Waals surface area contributed by atoms with Crippen molar-refractivity contribution in [3.05, 3.63) is 35.4 Å². The Balaban J connectivity index is 1.75. The van der Waals surface area contributed by atoms with Gasteiger partial charge in [-0.05, 0) is 37.5 Å². The number of rotatable bonds is 4. The van der Waals surface area contributed by atoms with Gasteiger partial charge < -0.3 is 20.2 Å². The van der Waals surface area contributed by atoms with Crippen molar-refractivity contribution in [1.29, 1.82) is 0 Å². The number of urea groups is 1. The number of fused-ring (bicyclic) bond motifs is 1. The van der Waals surface area contributed by atoms with Gasteiger partial charge in [0.2, 0.25) is 5.91 Å². The van der Waals surface area contributed by atoms with Crippen LogP contribution in [0.15, 0.2) is 24.3 Å². The summed E-state index contributed by atoms with van der Waals surface area (Å²) in [4.78, 5) is 28.3. The van der Waals surface area contributed by atoms with Gasteiger partial charge >= 0.3 is 6.03 Å². The Morgan fingerprint density at radius 3 is 2.52 bits per heavy atom. The summed E-state index contributed by atoms with van der Waals surface area (Å²) in [6.07, 6.45) is 0.865. The third-order valence-corrected chi connectivity index (χ3v) is 5.49. The summed E-state index contributed by atoms with van der Waals surface area (Å²) in [6, 6.07) is 7.51. The topological polar surface area (TPSA) is 72.9 Å². The molecular formula is C23H31N3O3. The number of carbonyl (C=O) groups is 2. The molecule has 156 valence electrons. The molecule has 0 saturated carbocycles. The van der Waals surface area contributed by atoms with Crippen molar-refractivity contribution in [3.8, 4) is 11.8 Å². The minimum Gasteiger partial charge on any atom is -0.394 e. The molecule has 0 aromatic heterocycles. The first-order chi connectivity index (χ1) is 13.8. The molecule has 3 atom stereocenters. The van der Waals surface area contributed by atoms with Gasteiger partial charge in [-0.1, -0.05) is 37.8 Å². The highest BCUT2D eigenvalue weighted by Gasteiger charge is 2.54. The fourth-order valence-electron chi connectivity index (χ4n) is 4.14. The van der Waals surface area contributed by atoms with Crippen molar-refractivity contribution >= 4 is 11.9 Å². The Kier molecular flexibility index (Phi) is 6.49. The van der Waals surface area contributed by atoms with Crippen LogP contribution < -0.4 is 5.32 Å². The zero-order valence-corrected chi connectivity index (χ0v) is 17.7. The number of nitrogens with one attached hydrogen (secondary N) is 1. The average Bonchev–Trinajstić information content (AvgIpc) is 2.63. The van der Waals surface area contributed by atoms with Gasteiger partial charge in [0.15, 0.2) is 0 Å². The van der Waals surface area contributed by atoms with E-state index in [9.17, 15) is 14.7 Å². The van der Waals surface area contributed by atoms with Crippen molar-refractivity contribution in [3.63, 3.8) is 0 Å². The lowest BCUT2D eigenvalue weighted by Crippen LogP contribution is -2.74. The van der Waals surface area contributed by atoms with Crippen molar-refractivity contribution < 1.29 is 14.7 Å². The number of amides is 3. The fraction of sp³-hybridized carbons (Fsp3) is 0.565. The Hall–Kier alpha value is -2.52. The number of hydrogen-bond acceptors (Lipinski definition) is 3. The van der Waals surface area contributed by atoms with Gasteiger partial charge in [0.1, 0.15) is 6.54 Å². The lowest BCUT2D eigenvalue weighted by molar-refractivity contribution is -0.159. The van der Waals surface area contributed by atoms with Crippen LogP contribution in [0.5, 0.6) is 0 Å². The molecule has 0 unspecified atom stereocenters. The summed E-state index contributed by atoms with van der Waals surface area (Å²) < 4.78 is 0. The highest BCUT2D eigenvalue weighted by atomic mass is 16.3. The number of nitrogens with zero attached hydrogens (tertiary/aromatic N) is 2. The minimum atomic E-state index is -0.235. The molecular weight excluding hydrogens is 366 g/mol. The molecule has 2 aliphatic heterocycles. The van der Waals surface area contributed by atoms with Crippen molar-refractivity contribution in [2.45, 2.75) is 58.2 Å². The van der Waals surface area contributed by atoms with E-state index in [0.717, 1.165) is 17.5 Å². The summed E-state index contributed by atoms with van der Waals surface area (Å²) >= 11 is 0. The second-order valence-electron chi connectivity index (χ2n) is 8.65. The third kappa shape index (κ3) is 4.56. The molecule has 3 rings (SSSR count). The highest BCUT2D eigenvalue weighted by Crippen LogP contribution is 2.42. The molecule has 1 aromatic rings.